The summed E-state index contributed by atoms with van der Waals surface area (Å²) >= 11 is 0. The number of aryl methyl sites for hydroxylation is 1. The maximum absolute atomic E-state index is 12.2. The van der Waals surface area contributed by atoms with E-state index in [4.69, 9.17) is 9.15 Å². The molecule has 8 heteroatoms. The van der Waals surface area contributed by atoms with Crippen molar-refractivity contribution in [3.63, 3.8) is 0 Å². The smallest absolute Gasteiger partial charge is 0.262 e. The van der Waals surface area contributed by atoms with E-state index < -0.39 is 0 Å². The van der Waals surface area contributed by atoms with Crippen molar-refractivity contribution in [3.8, 4) is 17.2 Å². The Balaban J connectivity index is 1.59. The van der Waals surface area contributed by atoms with Crippen molar-refractivity contribution in [2.24, 2.45) is 0 Å². The normalized spacial score (nSPS) is 10.4. The predicted octanol–water partition coefficient (Wildman–Crippen LogP) is 3.27. The molecule has 2 N–H and O–H groups in total. The van der Waals surface area contributed by atoms with E-state index >= 15 is 0 Å². The van der Waals surface area contributed by atoms with E-state index in [-0.39, 0.29) is 18.4 Å². The molecule has 0 atom stereocenters. The van der Waals surface area contributed by atoms with Crippen LogP contribution in [0.4, 0.5) is 11.4 Å². The molecule has 1 heterocycles. The quantitative estimate of drug-likeness (QED) is 0.651. The highest BCUT2D eigenvalue weighted by atomic mass is 16.5. The number of rotatable bonds is 7. The number of ether oxygens (including phenoxy) is 1. The zero-order chi connectivity index (χ0) is 19.9. The lowest BCUT2D eigenvalue weighted by Crippen LogP contribution is -2.20. The van der Waals surface area contributed by atoms with Gasteiger partial charge in [-0.2, -0.15) is 0 Å². The molecular weight excluding hydrogens is 360 g/mol. The lowest BCUT2D eigenvalue weighted by molar-refractivity contribution is -0.118. The van der Waals surface area contributed by atoms with Gasteiger partial charge in [0.25, 0.3) is 5.91 Å². The van der Waals surface area contributed by atoms with Crippen LogP contribution in [-0.2, 0) is 16.0 Å². The van der Waals surface area contributed by atoms with E-state index in [1.165, 1.54) is 6.92 Å². The third-order valence-corrected chi connectivity index (χ3v) is 3.69. The van der Waals surface area contributed by atoms with Crippen molar-refractivity contribution < 1.29 is 18.7 Å². The number of benzene rings is 2. The molecule has 0 unspecified atom stereocenters. The molecule has 0 aliphatic carbocycles. The third-order valence-electron chi connectivity index (χ3n) is 3.69. The van der Waals surface area contributed by atoms with E-state index in [0.717, 1.165) is 0 Å². The summed E-state index contributed by atoms with van der Waals surface area (Å²) in [6.45, 7) is 3.18. The second-order valence-electron chi connectivity index (χ2n) is 5.98. The van der Waals surface area contributed by atoms with Gasteiger partial charge in [0.15, 0.2) is 6.61 Å². The number of aromatic nitrogens is 2. The van der Waals surface area contributed by atoms with Crippen LogP contribution in [0.5, 0.6) is 5.75 Å². The number of carbonyl (C=O) groups is 2. The Morgan fingerprint density at radius 2 is 1.79 bits per heavy atom. The van der Waals surface area contributed by atoms with Gasteiger partial charge in [0.2, 0.25) is 17.7 Å². The first-order chi connectivity index (χ1) is 13.5. The van der Waals surface area contributed by atoms with Gasteiger partial charge in [-0.3, -0.25) is 9.59 Å². The summed E-state index contributed by atoms with van der Waals surface area (Å²) in [5.74, 6) is 0.968. The van der Waals surface area contributed by atoms with Crippen LogP contribution in [-0.4, -0.2) is 28.6 Å². The molecule has 28 heavy (non-hydrogen) atoms. The van der Waals surface area contributed by atoms with Gasteiger partial charge in [0.05, 0.1) is 0 Å². The monoisotopic (exact) mass is 380 g/mol. The van der Waals surface area contributed by atoms with E-state index in [1.807, 2.05) is 13.0 Å². The fraction of sp³-hybridized carbons (Fsp3) is 0.200. The van der Waals surface area contributed by atoms with Crippen LogP contribution in [0.3, 0.4) is 0 Å². The van der Waals surface area contributed by atoms with Crippen molar-refractivity contribution in [2.75, 3.05) is 17.2 Å². The third kappa shape index (κ3) is 5.16. The van der Waals surface area contributed by atoms with Crippen LogP contribution in [0.1, 0.15) is 19.7 Å². The summed E-state index contributed by atoms with van der Waals surface area (Å²) < 4.78 is 11.1. The van der Waals surface area contributed by atoms with Gasteiger partial charge < -0.3 is 19.8 Å². The Labute approximate surface area is 161 Å². The zero-order valence-electron chi connectivity index (χ0n) is 15.6. The number of anilines is 2. The number of hydrogen-bond acceptors (Lipinski definition) is 6. The highest BCUT2D eigenvalue weighted by molar-refractivity contribution is 5.94. The van der Waals surface area contributed by atoms with Crippen molar-refractivity contribution >= 4 is 23.2 Å². The number of hydrogen-bond donors (Lipinski definition) is 2. The van der Waals surface area contributed by atoms with E-state index in [2.05, 4.69) is 20.8 Å². The van der Waals surface area contributed by atoms with Gasteiger partial charge in [0, 0.05) is 30.3 Å². The van der Waals surface area contributed by atoms with Gasteiger partial charge in [-0.1, -0.05) is 19.1 Å². The van der Waals surface area contributed by atoms with Crippen molar-refractivity contribution in [1.82, 2.24) is 10.2 Å². The summed E-state index contributed by atoms with van der Waals surface area (Å²) in [4.78, 5) is 23.3. The maximum Gasteiger partial charge on any atom is 0.262 e. The molecule has 144 valence electrons. The molecule has 0 saturated heterocycles. The fourth-order valence-corrected chi connectivity index (χ4v) is 2.46. The van der Waals surface area contributed by atoms with Crippen LogP contribution in [0.25, 0.3) is 11.5 Å². The Morgan fingerprint density at radius 3 is 2.50 bits per heavy atom. The number of carbonyl (C=O) groups excluding carboxylic acids is 2. The van der Waals surface area contributed by atoms with Gasteiger partial charge in [-0.25, -0.2) is 0 Å². The zero-order valence-corrected chi connectivity index (χ0v) is 15.6. The molecule has 0 spiro atoms. The van der Waals surface area contributed by atoms with E-state index in [0.29, 0.717) is 40.9 Å². The van der Waals surface area contributed by atoms with Gasteiger partial charge in [-0.05, 0) is 36.4 Å². The Bertz CT molecular complexity index is 984. The first kappa shape index (κ1) is 19.1. The minimum atomic E-state index is -0.323. The average Bonchev–Trinajstić information content (AvgIpc) is 3.16. The van der Waals surface area contributed by atoms with Gasteiger partial charge in [-0.15, -0.1) is 10.2 Å². The number of amides is 2. The molecule has 2 amide bonds. The predicted molar refractivity (Wildman–Crippen MR) is 104 cm³/mol. The second-order valence-corrected chi connectivity index (χ2v) is 5.98. The molecule has 0 bridgehead atoms. The highest BCUT2D eigenvalue weighted by Crippen LogP contribution is 2.23. The van der Waals surface area contributed by atoms with Gasteiger partial charge >= 0.3 is 0 Å². The first-order valence-corrected chi connectivity index (χ1v) is 8.76. The van der Waals surface area contributed by atoms with E-state index in [9.17, 15) is 9.59 Å². The minimum absolute atomic E-state index is 0.169. The van der Waals surface area contributed by atoms with Crippen LogP contribution in [0.2, 0.25) is 0 Å². The molecule has 1 aromatic heterocycles. The van der Waals surface area contributed by atoms with Crippen molar-refractivity contribution in [2.45, 2.75) is 20.3 Å². The molecular formula is C20H20N4O4. The van der Waals surface area contributed by atoms with Crippen molar-refractivity contribution in [3.05, 3.63) is 54.4 Å². The lowest BCUT2D eigenvalue weighted by Gasteiger charge is -2.09. The van der Waals surface area contributed by atoms with Crippen molar-refractivity contribution in [1.29, 1.82) is 0 Å². The second kappa shape index (κ2) is 8.81. The van der Waals surface area contributed by atoms with Crippen LogP contribution < -0.4 is 15.4 Å². The summed E-state index contributed by atoms with van der Waals surface area (Å²) in [7, 11) is 0. The molecule has 0 saturated carbocycles. The fourth-order valence-electron chi connectivity index (χ4n) is 2.46. The molecule has 3 aromatic rings. The van der Waals surface area contributed by atoms with Crippen LogP contribution in [0.15, 0.2) is 52.9 Å². The van der Waals surface area contributed by atoms with E-state index in [1.54, 1.807) is 42.5 Å². The Morgan fingerprint density at radius 1 is 1.04 bits per heavy atom. The molecule has 0 aliphatic rings. The first-order valence-electron chi connectivity index (χ1n) is 8.76. The summed E-state index contributed by atoms with van der Waals surface area (Å²) in [5.41, 5.74) is 1.88. The standard InChI is InChI=1S/C20H20N4O4/c1-3-19-23-24-20(28-19)14-6-4-9-17(10-14)27-12-18(26)22-16-8-5-7-15(11-16)21-13(2)25/h4-11H,3,12H2,1-2H3,(H,21,25)(H,22,26). The number of nitrogens with one attached hydrogen (secondary N) is 2. The minimum Gasteiger partial charge on any atom is -0.484 e. The van der Waals surface area contributed by atoms with Crippen LogP contribution in [0, 0.1) is 0 Å². The SMILES string of the molecule is CCc1nnc(-c2cccc(OCC(=O)Nc3cccc(NC(C)=O)c3)c2)o1. The number of nitrogens with zero attached hydrogens (tertiary/aromatic N) is 2. The maximum atomic E-state index is 12.2. The molecule has 0 fully saturated rings. The average molecular weight is 380 g/mol. The molecule has 0 radical (unpaired) electrons. The summed E-state index contributed by atoms with van der Waals surface area (Å²) in [6, 6.07) is 14.0. The molecule has 2 aromatic carbocycles. The topological polar surface area (TPSA) is 106 Å². The molecule has 8 nitrogen and oxygen atoms in total. The molecule has 0 aliphatic heterocycles. The Hall–Kier alpha value is -3.68. The largest absolute Gasteiger partial charge is 0.484 e. The lowest BCUT2D eigenvalue weighted by atomic mass is 10.2. The summed E-state index contributed by atoms with van der Waals surface area (Å²) in [5, 5.41) is 13.3. The van der Waals surface area contributed by atoms with Crippen LogP contribution >= 0.6 is 0 Å². The summed E-state index contributed by atoms with van der Waals surface area (Å²) in [6.07, 6.45) is 0.659. The Kier molecular flexibility index (Phi) is 6.01. The highest BCUT2D eigenvalue weighted by Gasteiger charge is 2.10. The molecule has 3 rings (SSSR count). The van der Waals surface area contributed by atoms with Gasteiger partial charge in [0.1, 0.15) is 5.75 Å².